The van der Waals surface area contributed by atoms with Gasteiger partial charge in [-0.1, -0.05) is 6.42 Å². The van der Waals surface area contributed by atoms with E-state index in [9.17, 15) is 4.79 Å². The molecular formula is C11H18N6O. The number of rotatable bonds is 1. The standard InChI is InChI=1S/C11H18N6O/c12-11-13-9(14-15-11)10(18)17-6-5-16-4-2-1-3-8(16)7-17/h8H,1-7H2,(H3,12,13,14,15). The van der Waals surface area contributed by atoms with Gasteiger partial charge in [0, 0.05) is 25.7 Å². The van der Waals surface area contributed by atoms with E-state index >= 15 is 0 Å². The van der Waals surface area contributed by atoms with E-state index in [0.29, 0.717) is 6.04 Å². The van der Waals surface area contributed by atoms with Gasteiger partial charge in [0.25, 0.3) is 5.91 Å². The molecule has 1 atom stereocenters. The summed E-state index contributed by atoms with van der Waals surface area (Å²) < 4.78 is 0. The van der Waals surface area contributed by atoms with Gasteiger partial charge in [-0.2, -0.15) is 4.98 Å². The molecule has 1 aromatic heterocycles. The number of anilines is 1. The minimum absolute atomic E-state index is 0.0931. The number of H-pyrrole nitrogens is 1. The third-order valence-corrected chi connectivity index (χ3v) is 3.83. The Labute approximate surface area is 105 Å². The summed E-state index contributed by atoms with van der Waals surface area (Å²) in [5.41, 5.74) is 5.42. The van der Waals surface area contributed by atoms with Crippen LogP contribution < -0.4 is 5.73 Å². The molecule has 0 saturated carbocycles. The van der Waals surface area contributed by atoms with E-state index in [4.69, 9.17) is 5.73 Å². The van der Waals surface area contributed by atoms with Crippen molar-refractivity contribution in [3.63, 3.8) is 0 Å². The van der Waals surface area contributed by atoms with Crippen molar-refractivity contribution in [1.82, 2.24) is 25.0 Å². The highest BCUT2D eigenvalue weighted by Crippen LogP contribution is 2.21. The molecule has 18 heavy (non-hydrogen) atoms. The van der Waals surface area contributed by atoms with Crippen molar-refractivity contribution in [1.29, 1.82) is 0 Å². The first-order valence-electron chi connectivity index (χ1n) is 6.45. The number of aromatic amines is 1. The van der Waals surface area contributed by atoms with E-state index in [-0.39, 0.29) is 17.7 Å². The molecule has 2 aliphatic rings. The average Bonchev–Trinajstić information content (AvgIpc) is 2.84. The molecule has 3 rings (SSSR count). The number of hydrogen-bond acceptors (Lipinski definition) is 5. The van der Waals surface area contributed by atoms with Gasteiger partial charge in [0.1, 0.15) is 0 Å². The van der Waals surface area contributed by atoms with Crippen molar-refractivity contribution in [2.24, 2.45) is 0 Å². The Morgan fingerprint density at radius 1 is 1.33 bits per heavy atom. The van der Waals surface area contributed by atoms with Crippen LogP contribution in [0.1, 0.15) is 29.9 Å². The molecule has 2 saturated heterocycles. The molecule has 0 radical (unpaired) electrons. The number of fused-ring (bicyclic) bond motifs is 1. The molecule has 2 fully saturated rings. The van der Waals surface area contributed by atoms with Crippen molar-refractivity contribution < 1.29 is 4.79 Å². The molecule has 7 nitrogen and oxygen atoms in total. The van der Waals surface area contributed by atoms with Gasteiger partial charge in [0.15, 0.2) is 0 Å². The van der Waals surface area contributed by atoms with E-state index < -0.39 is 0 Å². The second kappa shape index (κ2) is 4.56. The maximum Gasteiger partial charge on any atom is 0.291 e. The highest BCUT2D eigenvalue weighted by atomic mass is 16.2. The maximum absolute atomic E-state index is 12.2. The molecule has 2 aliphatic heterocycles. The number of carbonyl (C=O) groups excluding carboxylic acids is 1. The van der Waals surface area contributed by atoms with Gasteiger partial charge in [-0.15, -0.1) is 5.10 Å². The fraction of sp³-hybridized carbons (Fsp3) is 0.727. The van der Waals surface area contributed by atoms with E-state index in [1.54, 1.807) is 0 Å². The van der Waals surface area contributed by atoms with Crippen LogP contribution in [-0.2, 0) is 0 Å². The quantitative estimate of drug-likeness (QED) is 0.714. The molecule has 0 aliphatic carbocycles. The van der Waals surface area contributed by atoms with Crippen LogP contribution in [0.2, 0.25) is 0 Å². The first-order chi connectivity index (χ1) is 8.74. The molecule has 7 heteroatoms. The molecule has 98 valence electrons. The minimum Gasteiger partial charge on any atom is -0.366 e. The number of carbonyl (C=O) groups is 1. The smallest absolute Gasteiger partial charge is 0.291 e. The summed E-state index contributed by atoms with van der Waals surface area (Å²) in [6.07, 6.45) is 3.73. The highest BCUT2D eigenvalue weighted by Gasteiger charge is 2.32. The van der Waals surface area contributed by atoms with E-state index in [1.165, 1.54) is 25.8 Å². The van der Waals surface area contributed by atoms with Crippen LogP contribution in [-0.4, -0.2) is 63.1 Å². The Kier molecular flexibility index (Phi) is 2.91. The summed E-state index contributed by atoms with van der Waals surface area (Å²) >= 11 is 0. The van der Waals surface area contributed by atoms with Crippen molar-refractivity contribution in [2.45, 2.75) is 25.3 Å². The zero-order chi connectivity index (χ0) is 12.5. The summed E-state index contributed by atoms with van der Waals surface area (Å²) in [4.78, 5) is 20.4. The zero-order valence-corrected chi connectivity index (χ0v) is 10.3. The second-order valence-corrected chi connectivity index (χ2v) is 4.98. The normalized spacial score (nSPS) is 24.9. The van der Waals surface area contributed by atoms with Gasteiger partial charge in [-0.3, -0.25) is 14.8 Å². The monoisotopic (exact) mass is 250 g/mol. The molecule has 3 N–H and O–H groups in total. The van der Waals surface area contributed by atoms with Crippen LogP contribution in [0.25, 0.3) is 0 Å². The van der Waals surface area contributed by atoms with Crippen molar-refractivity contribution in [3.8, 4) is 0 Å². The first kappa shape index (κ1) is 11.5. The summed E-state index contributed by atoms with van der Waals surface area (Å²) in [6.45, 7) is 3.68. The fourth-order valence-electron chi connectivity index (χ4n) is 2.86. The molecule has 0 spiro atoms. The van der Waals surface area contributed by atoms with Crippen LogP contribution in [0.3, 0.4) is 0 Å². The van der Waals surface area contributed by atoms with E-state index in [1.807, 2.05) is 4.90 Å². The SMILES string of the molecule is Nc1n[nH]c(C(=O)N2CCN3CCCCC3C2)n1. The van der Waals surface area contributed by atoms with Gasteiger partial charge in [-0.25, -0.2) is 0 Å². The van der Waals surface area contributed by atoms with Gasteiger partial charge in [0.05, 0.1) is 0 Å². The molecule has 1 amide bonds. The molecule has 1 aromatic rings. The summed E-state index contributed by atoms with van der Waals surface area (Å²) in [5, 5.41) is 6.28. The lowest BCUT2D eigenvalue weighted by Gasteiger charge is -2.43. The Bertz CT molecular complexity index is 444. The second-order valence-electron chi connectivity index (χ2n) is 4.98. The molecule has 0 bridgehead atoms. The third kappa shape index (κ3) is 2.05. The number of nitrogen functional groups attached to an aromatic ring is 1. The summed E-state index contributed by atoms with van der Waals surface area (Å²) in [5.74, 6) is 0.274. The minimum atomic E-state index is -0.0931. The lowest BCUT2D eigenvalue weighted by molar-refractivity contribution is 0.0364. The van der Waals surface area contributed by atoms with Crippen LogP contribution in [0.15, 0.2) is 0 Å². The van der Waals surface area contributed by atoms with Crippen molar-refractivity contribution >= 4 is 11.9 Å². The highest BCUT2D eigenvalue weighted by molar-refractivity contribution is 5.90. The lowest BCUT2D eigenvalue weighted by Crippen LogP contribution is -2.56. The van der Waals surface area contributed by atoms with Crippen molar-refractivity contribution in [2.75, 3.05) is 31.9 Å². The zero-order valence-electron chi connectivity index (χ0n) is 10.3. The molecule has 3 heterocycles. The van der Waals surface area contributed by atoms with Gasteiger partial charge in [-0.05, 0) is 19.4 Å². The Morgan fingerprint density at radius 3 is 3.00 bits per heavy atom. The fourth-order valence-corrected chi connectivity index (χ4v) is 2.86. The largest absolute Gasteiger partial charge is 0.366 e. The Balaban J connectivity index is 1.68. The first-order valence-corrected chi connectivity index (χ1v) is 6.45. The average molecular weight is 250 g/mol. The Morgan fingerprint density at radius 2 is 2.22 bits per heavy atom. The van der Waals surface area contributed by atoms with Crippen molar-refractivity contribution in [3.05, 3.63) is 5.82 Å². The summed E-state index contributed by atoms with van der Waals surface area (Å²) in [7, 11) is 0. The summed E-state index contributed by atoms with van der Waals surface area (Å²) in [6, 6.07) is 0.511. The lowest BCUT2D eigenvalue weighted by atomic mass is 9.99. The van der Waals surface area contributed by atoms with Gasteiger partial charge < -0.3 is 10.6 Å². The predicted molar refractivity (Wildman–Crippen MR) is 65.9 cm³/mol. The van der Waals surface area contributed by atoms with Crippen LogP contribution in [0.4, 0.5) is 5.95 Å². The number of amides is 1. The van der Waals surface area contributed by atoms with Gasteiger partial charge >= 0.3 is 0 Å². The number of piperazine rings is 1. The van der Waals surface area contributed by atoms with E-state index in [2.05, 4.69) is 20.1 Å². The van der Waals surface area contributed by atoms with Crippen LogP contribution in [0, 0.1) is 0 Å². The third-order valence-electron chi connectivity index (χ3n) is 3.83. The maximum atomic E-state index is 12.2. The number of nitrogens with two attached hydrogens (primary N) is 1. The predicted octanol–water partition coefficient (Wildman–Crippen LogP) is -0.303. The Hall–Kier alpha value is -1.63. The topological polar surface area (TPSA) is 91.1 Å². The van der Waals surface area contributed by atoms with E-state index in [0.717, 1.165) is 19.6 Å². The van der Waals surface area contributed by atoms with Gasteiger partial charge in [0.2, 0.25) is 11.8 Å². The number of piperidine rings is 1. The van der Waals surface area contributed by atoms with Crippen LogP contribution >= 0.6 is 0 Å². The number of nitrogens with one attached hydrogen (secondary N) is 1. The number of hydrogen-bond donors (Lipinski definition) is 2. The van der Waals surface area contributed by atoms with Crippen LogP contribution in [0.5, 0.6) is 0 Å². The number of aromatic nitrogens is 3. The molecule has 0 aromatic carbocycles. The molecule has 1 unspecified atom stereocenters. The molecular weight excluding hydrogens is 232 g/mol. The number of nitrogens with zero attached hydrogens (tertiary/aromatic N) is 4.